The average molecular weight is 254 g/mol. The first-order valence-corrected chi connectivity index (χ1v) is 6.69. The second kappa shape index (κ2) is 5.31. The van der Waals surface area contributed by atoms with Crippen LogP contribution in [0.15, 0.2) is 42.6 Å². The molecule has 0 atom stereocenters. The molecule has 1 fully saturated rings. The molecule has 1 heterocycles. The van der Waals surface area contributed by atoms with Gasteiger partial charge in [0.15, 0.2) is 0 Å². The number of nitrogens with one attached hydrogen (secondary N) is 1. The van der Waals surface area contributed by atoms with E-state index < -0.39 is 0 Å². The lowest BCUT2D eigenvalue weighted by atomic mass is 10.0. The first kappa shape index (κ1) is 12.0. The van der Waals surface area contributed by atoms with Crippen LogP contribution in [0.25, 0.3) is 0 Å². The molecule has 3 rings (SSSR count). The lowest BCUT2D eigenvalue weighted by molar-refractivity contribution is 0.399. The molecule has 1 aromatic heterocycles. The molecule has 98 valence electrons. The fourth-order valence-electron chi connectivity index (χ4n) is 2.37. The highest BCUT2D eigenvalue weighted by Gasteiger charge is 2.25. The molecule has 0 amide bonds. The van der Waals surface area contributed by atoms with E-state index in [4.69, 9.17) is 4.74 Å². The third-order valence-corrected chi connectivity index (χ3v) is 3.51. The minimum Gasteiger partial charge on any atom is -0.480 e. The number of methoxy groups -OCH3 is 1. The van der Waals surface area contributed by atoms with Crippen molar-refractivity contribution in [3.8, 4) is 5.88 Å². The van der Waals surface area contributed by atoms with Crippen LogP contribution in [0.3, 0.4) is 0 Å². The minimum absolute atomic E-state index is 0.645. The van der Waals surface area contributed by atoms with Gasteiger partial charge in [0.25, 0.3) is 0 Å². The van der Waals surface area contributed by atoms with Gasteiger partial charge in [0, 0.05) is 12.7 Å². The highest BCUT2D eigenvalue weighted by Crippen LogP contribution is 2.41. The molecule has 0 aliphatic heterocycles. The Kier molecular flexibility index (Phi) is 3.36. The summed E-state index contributed by atoms with van der Waals surface area (Å²) in [5, 5.41) is 3.42. The molecule has 0 radical (unpaired) electrons. The van der Waals surface area contributed by atoms with Crippen LogP contribution in [0.5, 0.6) is 5.88 Å². The number of aromatic nitrogens is 1. The van der Waals surface area contributed by atoms with Crippen molar-refractivity contribution in [2.45, 2.75) is 25.3 Å². The molecule has 19 heavy (non-hydrogen) atoms. The van der Waals surface area contributed by atoms with Crippen LogP contribution >= 0.6 is 0 Å². The lowest BCUT2D eigenvalue weighted by Gasteiger charge is -2.12. The van der Waals surface area contributed by atoms with E-state index in [1.807, 2.05) is 12.1 Å². The SMILES string of the molecule is COc1ncccc1NCc1ccccc1C1CC1. The van der Waals surface area contributed by atoms with Crippen LogP contribution in [0, 0.1) is 0 Å². The Morgan fingerprint density at radius 2 is 2.05 bits per heavy atom. The highest BCUT2D eigenvalue weighted by atomic mass is 16.5. The van der Waals surface area contributed by atoms with Crippen LogP contribution in [0.4, 0.5) is 5.69 Å². The summed E-state index contributed by atoms with van der Waals surface area (Å²) in [7, 11) is 1.64. The molecule has 1 aliphatic rings. The standard InChI is InChI=1S/C16H18N2O/c1-19-16-15(7-4-10-17-16)18-11-13-5-2-3-6-14(13)12-8-9-12/h2-7,10,12,18H,8-9,11H2,1H3. The number of hydrogen-bond acceptors (Lipinski definition) is 3. The summed E-state index contributed by atoms with van der Waals surface area (Å²) in [5.74, 6) is 1.42. The quantitative estimate of drug-likeness (QED) is 0.885. The van der Waals surface area contributed by atoms with Gasteiger partial charge < -0.3 is 10.1 Å². The fraction of sp³-hybridized carbons (Fsp3) is 0.312. The largest absolute Gasteiger partial charge is 0.480 e. The average Bonchev–Trinajstić information content (AvgIpc) is 3.30. The normalized spacial score (nSPS) is 14.2. The van der Waals surface area contributed by atoms with E-state index >= 15 is 0 Å². The summed E-state index contributed by atoms with van der Waals surface area (Å²) in [6.45, 7) is 0.814. The maximum atomic E-state index is 5.25. The molecule has 0 unspecified atom stereocenters. The van der Waals surface area contributed by atoms with E-state index in [0.29, 0.717) is 5.88 Å². The second-order valence-electron chi connectivity index (χ2n) is 4.89. The van der Waals surface area contributed by atoms with Crippen molar-refractivity contribution in [2.75, 3.05) is 12.4 Å². The molecular formula is C16H18N2O. The van der Waals surface area contributed by atoms with Crippen LogP contribution in [0.2, 0.25) is 0 Å². The van der Waals surface area contributed by atoms with Crippen molar-refractivity contribution < 1.29 is 4.74 Å². The Hall–Kier alpha value is -2.03. The molecule has 3 nitrogen and oxygen atoms in total. The topological polar surface area (TPSA) is 34.1 Å². The van der Waals surface area contributed by atoms with Crippen LogP contribution in [-0.2, 0) is 6.54 Å². The second-order valence-corrected chi connectivity index (χ2v) is 4.89. The maximum absolute atomic E-state index is 5.25. The van der Waals surface area contributed by atoms with E-state index in [0.717, 1.165) is 18.2 Å². The monoisotopic (exact) mass is 254 g/mol. The third kappa shape index (κ3) is 2.70. The summed E-state index contributed by atoms with van der Waals surface area (Å²) in [5.41, 5.74) is 3.80. The molecule has 0 bridgehead atoms. The third-order valence-electron chi connectivity index (χ3n) is 3.51. The first-order chi connectivity index (χ1) is 9.38. The number of nitrogens with zero attached hydrogens (tertiary/aromatic N) is 1. The summed E-state index contributed by atoms with van der Waals surface area (Å²) in [6.07, 6.45) is 4.39. The summed E-state index contributed by atoms with van der Waals surface area (Å²) >= 11 is 0. The van der Waals surface area contributed by atoms with Crippen LogP contribution in [0.1, 0.15) is 29.9 Å². The van der Waals surface area contributed by atoms with Crippen molar-refractivity contribution in [3.63, 3.8) is 0 Å². The van der Waals surface area contributed by atoms with E-state index in [1.165, 1.54) is 24.0 Å². The van der Waals surface area contributed by atoms with Gasteiger partial charge in [0.05, 0.1) is 12.8 Å². The summed E-state index contributed by atoms with van der Waals surface area (Å²) in [6, 6.07) is 12.6. The Morgan fingerprint density at radius 1 is 1.21 bits per heavy atom. The van der Waals surface area contributed by atoms with Gasteiger partial charge in [-0.25, -0.2) is 4.98 Å². The number of hydrogen-bond donors (Lipinski definition) is 1. The smallest absolute Gasteiger partial charge is 0.237 e. The van der Waals surface area contributed by atoms with E-state index in [2.05, 4.69) is 34.6 Å². The van der Waals surface area contributed by atoms with Gasteiger partial charge in [0.1, 0.15) is 0 Å². The molecule has 1 aliphatic carbocycles. The molecule has 3 heteroatoms. The highest BCUT2D eigenvalue weighted by molar-refractivity contribution is 5.52. The van der Waals surface area contributed by atoms with Crippen LogP contribution in [-0.4, -0.2) is 12.1 Å². The van der Waals surface area contributed by atoms with Crippen molar-refractivity contribution in [3.05, 3.63) is 53.7 Å². The molecular weight excluding hydrogens is 236 g/mol. The predicted octanol–water partition coefficient (Wildman–Crippen LogP) is 3.58. The van der Waals surface area contributed by atoms with Gasteiger partial charge in [-0.15, -0.1) is 0 Å². The van der Waals surface area contributed by atoms with Crippen molar-refractivity contribution in [2.24, 2.45) is 0 Å². The predicted molar refractivity (Wildman–Crippen MR) is 76.5 cm³/mol. The molecule has 1 N–H and O–H groups in total. The maximum Gasteiger partial charge on any atom is 0.237 e. The van der Waals surface area contributed by atoms with Gasteiger partial charge in [-0.2, -0.15) is 0 Å². The van der Waals surface area contributed by atoms with Crippen molar-refractivity contribution >= 4 is 5.69 Å². The first-order valence-electron chi connectivity index (χ1n) is 6.69. The zero-order chi connectivity index (χ0) is 13.1. The van der Waals surface area contributed by atoms with E-state index in [1.54, 1.807) is 13.3 Å². The zero-order valence-corrected chi connectivity index (χ0v) is 11.1. The number of benzene rings is 1. The lowest BCUT2D eigenvalue weighted by Crippen LogP contribution is -2.04. The number of ether oxygens (including phenoxy) is 1. The van der Waals surface area contributed by atoms with Gasteiger partial charge in [-0.1, -0.05) is 24.3 Å². The van der Waals surface area contributed by atoms with Gasteiger partial charge in [-0.05, 0) is 42.0 Å². The summed E-state index contributed by atoms with van der Waals surface area (Å²) in [4.78, 5) is 4.19. The summed E-state index contributed by atoms with van der Waals surface area (Å²) < 4.78 is 5.25. The Balaban J connectivity index is 1.75. The Labute approximate surface area is 113 Å². The van der Waals surface area contributed by atoms with Crippen LogP contribution < -0.4 is 10.1 Å². The molecule has 1 saturated carbocycles. The zero-order valence-electron chi connectivity index (χ0n) is 11.1. The molecule has 0 spiro atoms. The molecule has 0 saturated heterocycles. The number of pyridine rings is 1. The molecule has 2 aromatic rings. The number of rotatable bonds is 5. The Bertz CT molecular complexity index is 564. The Morgan fingerprint density at radius 3 is 2.84 bits per heavy atom. The fourth-order valence-corrected chi connectivity index (χ4v) is 2.37. The molecule has 1 aromatic carbocycles. The van der Waals surface area contributed by atoms with Gasteiger partial charge in [-0.3, -0.25) is 0 Å². The van der Waals surface area contributed by atoms with E-state index in [-0.39, 0.29) is 0 Å². The van der Waals surface area contributed by atoms with Crippen molar-refractivity contribution in [1.82, 2.24) is 4.98 Å². The van der Waals surface area contributed by atoms with E-state index in [9.17, 15) is 0 Å². The van der Waals surface area contributed by atoms with Crippen molar-refractivity contribution in [1.29, 1.82) is 0 Å². The van der Waals surface area contributed by atoms with Gasteiger partial charge in [0.2, 0.25) is 5.88 Å². The van der Waals surface area contributed by atoms with Gasteiger partial charge >= 0.3 is 0 Å². The number of anilines is 1. The minimum atomic E-state index is 0.645.